The summed E-state index contributed by atoms with van der Waals surface area (Å²) in [5, 5.41) is 0. The molecule has 0 amide bonds. The summed E-state index contributed by atoms with van der Waals surface area (Å²) in [6, 6.07) is 7.23. The number of alkyl halides is 3. The van der Waals surface area contributed by atoms with Crippen LogP contribution in [0.3, 0.4) is 0 Å². The molecular weight excluding hydrogens is 221 g/mol. The molecule has 1 aromatic carbocycles. The maximum absolute atomic E-state index is 11.6. The lowest BCUT2D eigenvalue weighted by Gasteiger charge is -2.09. The van der Waals surface area contributed by atoms with Gasteiger partial charge in [-0.05, 0) is 24.1 Å². The third kappa shape index (κ3) is 5.02. The van der Waals surface area contributed by atoms with Crippen molar-refractivity contribution >= 4 is 0 Å². The third-order valence-corrected chi connectivity index (χ3v) is 1.92. The molecule has 0 fully saturated rings. The van der Waals surface area contributed by atoms with E-state index >= 15 is 0 Å². The van der Waals surface area contributed by atoms with E-state index in [9.17, 15) is 13.2 Å². The van der Waals surface area contributed by atoms with Crippen molar-refractivity contribution in [2.75, 3.05) is 13.2 Å². The van der Waals surface area contributed by atoms with Gasteiger partial charge in [0, 0.05) is 0 Å². The second kappa shape index (κ2) is 5.75. The summed E-state index contributed by atoms with van der Waals surface area (Å²) in [7, 11) is 0. The van der Waals surface area contributed by atoms with E-state index in [4.69, 9.17) is 4.74 Å². The van der Waals surface area contributed by atoms with Gasteiger partial charge < -0.3 is 4.74 Å². The van der Waals surface area contributed by atoms with E-state index < -0.39 is 13.0 Å². The fourth-order valence-corrected chi connectivity index (χ4v) is 1.17. The van der Waals surface area contributed by atoms with Crippen molar-refractivity contribution in [2.45, 2.75) is 19.7 Å². The van der Waals surface area contributed by atoms with Crippen LogP contribution in [0.4, 0.5) is 13.2 Å². The van der Waals surface area contributed by atoms with E-state index in [2.05, 4.69) is 4.74 Å². The number of benzene rings is 1. The molecule has 0 N–H and O–H groups in total. The number of hydrogen-bond acceptors (Lipinski definition) is 2. The number of rotatable bonds is 5. The van der Waals surface area contributed by atoms with Crippen molar-refractivity contribution in [1.82, 2.24) is 0 Å². The highest BCUT2D eigenvalue weighted by atomic mass is 19.4. The molecular formula is C11H13F3O2. The predicted octanol–water partition coefficient (Wildman–Crippen LogP) is 3.16. The molecule has 90 valence electrons. The molecule has 0 aliphatic heterocycles. The molecule has 1 aromatic rings. The first kappa shape index (κ1) is 12.8. The van der Waals surface area contributed by atoms with Crippen molar-refractivity contribution in [2.24, 2.45) is 0 Å². The molecule has 0 aliphatic rings. The standard InChI is InChI=1S/C11H13F3O2/c1-2-9-4-3-5-10(8-9)15-6-7-16-11(12,13)14/h3-5,8H,2,6-7H2,1H3. The van der Waals surface area contributed by atoms with Gasteiger partial charge in [0.15, 0.2) is 0 Å². The van der Waals surface area contributed by atoms with Gasteiger partial charge in [0.1, 0.15) is 12.4 Å². The lowest BCUT2D eigenvalue weighted by atomic mass is 10.2. The van der Waals surface area contributed by atoms with Gasteiger partial charge in [-0.15, -0.1) is 13.2 Å². The molecule has 2 nitrogen and oxygen atoms in total. The SMILES string of the molecule is CCc1cccc(OCCOC(F)(F)F)c1. The van der Waals surface area contributed by atoms with Gasteiger partial charge in [0.05, 0.1) is 6.61 Å². The third-order valence-electron chi connectivity index (χ3n) is 1.92. The summed E-state index contributed by atoms with van der Waals surface area (Å²) in [6.07, 6.45) is -3.73. The summed E-state index contributed by atoms with van der Waals surface area (Å²) in [4.78, 5) is 0. The second-order valence-electron chi connectivity index (χ2n) is 3.14. The van der Waals surface area contributed by atoms with Crippen molar-refractivity contribution in [3.05, 3.63) is 29.8 Å². The Morgan fingerprint density at radius 3 is 2.56 bits per heavy atom. The van der Waals surface area contributed by atoms with Crippen LogP contribution >= 0.6 is 0 Å². The van der Waals surface area contributed by atoms with Crippen LogP contribution in [0.15, 0.2) is 24.3 Å². The average Bonchev–Trinajstić information content (AvgIpc) is 2.23. The van der Waals surface area contributed by atoms with Gasteiger partial charge >= 0.3 is 6.36 Å². The van der Waals surface area contributed by atoms with E-state index in [1.165, 1.54) is 0 Å². The van der Waals surface area contributed by atoms with Crippen LogP contribution in [0, 0.1) is 0 Å². The van der Waals surface area contributed by atoms with Crippen molar-refractivity contribution in [3.8, 4) is 5.75 Å². The van der Waals surface area contributed by atoms with Crippen LogP contribution in [0.5, 0.6) is 5.75 Å². The van der Waals surface area contributed by atoms with Crippen molar-refractivity contribution < 1.29 is 22.6 Å². The van der Waals surface area contributed by atoms with Gasteiger partial charge in [-0.25, -0.2) is 0 Å². The Labute approximate surface area is 92.0 Å². The molecule has 0 saturated heterocycles. The summed E-state index contributed by atoms with van der Waals surface area (Å²) in [5.41, 5.74) is 1.08. The largest absolute Gasteiger partial charge is 0.522 e. The van der Waals surface area contributed by atoms with E-state index in [0.717, 1.165) is 12.0 Å². The molecule has 0 radical (unpaired) electrons. The topological polar surface area (TPSA) is 18.5 Å². The van der Waals surface area contributed by atoms with Gasteiger partial charge in [-0.3, -0.25) is 4.74 Å². The fourth-order valence-electron chi connectivity index (χ4n) is 1.17. The minimum Gasteiger partial charge on any atom is -0.491 e. The average molecular weight is 234 g/mol. The van der Waals surface area contributed by atoms with E-state index in [0.29, 0.717) is 5.75 Å². The van der Waals surface area contributed by atoms with Gasteiger partial charge in [-0.2, -0.15) is 0 Å². The summed E-state index contributed by atoms with van der Waals surface area (Å²) in [6.45, 7) is 1.37. The van der Waals surface area contributed by atoms with Crippen molar-refractivity contribution in [1.29, 1.82) is 0 Å². The van der Waals surface area contributed by atoms with Crippen LogP contribution in [0.2, 0.25) is 0 Å². The molecule has 5 heteroatoms. The summed E-state index contributed by atoms with van der Waals surface area (Å²) >= 11 is 0. The quantitative estimate of drug-likeness (QED) is 0.728. The number of ether oxygens (including phenoxy) is 2. The zero-order valence-electron chi connectivity index (χ0n) is 8.88. The molecule has 0 aliphatic carbocycles. The maximum atomic E-state index is 11.6. The zero-order valence-corrected chi connectivity index (χ0v) is 8.88. The van der Waals surface area contributed by atoms with Crippen LogP contribution < -0.4 is 4.74 Å². The Morgan fingerprint density at radius 2 is 1.94 bits per heavy atom. The predicted molar refractivity (Wildman–Crippen MR) is 53.3 cm³/mol. The molecule has 1 rings (SSSR count). The van der Waals surface area contributed by atoms with Crippen LogP contribution in [0.25, 0.3) is 0 Å². The molecule has 0 heterocycles. The Kier molecular flexibility index (Phi) is 4.61. The highest BCUT2D eigenvalue weighted by molar-refractivity contribution is 5.28. The van der Waals surface area contributed by atoms with Gasteiger partial charge in [0.25, 0.3) is 0 Å². The van der Waals surface area contributed by atoms with E-state index in [1.54, 1.807) is 18.2 Å². The zero-order chi connectivity index (χ0) is 12.0. The van der Waals surface area contributed by atoms with E-state index in [1.807, 2.05) is 13.0 Å². The highest BCUT2D eigenvalue weighted by Crippen LogP contribution is 2.16. The number of hydrogen-bond donors (Lipinski definition) is 0. The lowest BCUT2D eigenvalue weighted by molar-refractivity contribution is -0.325. The maximum Gasteiger partial charge on any atom is 0.522 e. The molecule has 16 heavy (non-hydrogen) atoms. The molecule has 0 saturated carbocycles. The van der Waals surface area contributed by atoms with Crippen LogP contribution in [-0.4, -0.2) is 19.6 Å². The second-order valence-corrected chi connectivity index (χ2v) is 3.14. The first-order valence-electron chi connectivity index (χ1n) is 4.93. The first-order valence-corrected chi connectivity index (χ1v) is 4.93. The van der Waals surface area contributed by atoms with Gasteiger partial charge in [-0.1, -0.05) is 19.1 Å². The molecule has 0 aromatic heterocycles. The van der Waals surface area contributed by atoms with Crippen molar-refractivity contribution in [3.63, 3.8) is 0 Å². The fraction of sp³-hybridized carbons (Fsp3) is 0.455. The van der Waals surface area contributed by atoms with Crippen LogP contribution in [0.1, 0.15) is 12.5 Å². The van der Waals surface area contributed by atoms with Gasteiger partial charge in [0.2, 0.25) is 0 Å². The monoisotopic (exact) mass is 234 g/mol. The number of aryl methyl sites for hydroxylation is 1. The molecule has 0 spiro atoms. The normalized spacial score (nSPS) is 11.5. The summed E-state index contributed by atoms with van der Waals surface area (Å²) in [5.74, 6) is 0.560. The minimum atomic E-state index is -4.59. The lowest BCUT2D eigenvalue weighted by Crippen LogP contribution is -2.18. The summed E-state index contributed by atoms with van der Waals surface area (Å²) < 4.78 is 43.6. The molecule has 0 unspecified atom stereocenters. The smallest absolute Gasteiger partial charge is 0.491 e. The van der Waals surface area contributed by atoms with Crippen LogP contribution in [-0.2, 0) is 11.2 Å². The molecule has 0 bridgehead atoms. The Balaban J connectivity index is 2.32. The molecule has 0 atom stereocenters. The first-order chi connectivity index (χ1) is 7.51. The Bertz CT molecular complexity index is 323. The highest BCUT2D eigenvalue weighted by Gasteiger charge is 2.28. The minimum absolute atomic E-state index is 0.118. The Hall–Kier alpha value is -1.23. The van der Waals surface area contributed by atoms with E-state index in [-0.39, 0.29) is 6.61 Å². The number of halogens is 3. The Morgan fingerprint density at radius 1 is 1.19 bits per heavy atom.